The Balaban J connectivity index is 1.88. The van der Waals surface area contributed by atoms with Gasteiger partial charge in [-0.25, -0.2) is 0 Å². The Morgan fingerprint density at radius 2 is 2.24 bits per heavy atom. The number of nitrogens with one attached hydrogen (secondary N) is 1. The minimum atomic E-state index is -0.803. The molecule has 1 aliphatic carbocycles. The van der Waals surface area contributed by atoms with E-state index in [1.54, 1.807) is 6.07 Å². The summed E-state index contributed by atoms with van der Waals surface area (Å²) in [5, 5.41) is 11.6. The first-order chi connectivity index (χ1) is 8.11. The number of aliphatic carboxylic acids is 1. The zero-order chi connectivity index (χ0) is 12.3. The molecule has 0 unspecified atom stereocenters. The van der Waals surface area contributed by atoms with Crippen molar-refractivity contribution in [3.63, 3.8) is 0 Å². The zero-order valence-electron chi connectivity index (χ0n) is 9.44. The van der Waals surface area contributed by atoms with Crippen LogP contribution < -0.4 is 5.32 Å². The average molecular weight is 237 g/mol. The summed E-state index contributed by atoms with van der Waals surface area (Å²) in [7, 11) is 0. The summed E-state index contributed by atoms with van der Waals surface area (Å²) >= 11 is 0. The summed E-state index contributed by atoms with van der Waals surface area (Å²) < 4.78 is 4.82. The maximum atomic E-state index is 11.7. The summed E-state index contributed by atoms with van der Waals surface area (Å²) in [4.78, 5) is 22.4. The lowest BCUT2D eigenvalue weighted by Gasteiger charge is -2.40. The first-order valence-corrected chi connectivity index (χ1v) is 5.64. The molecule has 0 aromatic carbocycles. The van der Waals surface area contributed by atoms with Crippen LogP contribution in [0.1, 0.15) is 36.0 Å². The van der Waals surface area contributed by atoms with Crippen molar-refractivity contribution in [2.24, 2.45) is 5.41 Å². The zero-order valence-corrected chi connectivity index (χ0v) is 9.44. The molecule has 0 saturated heterocycles. The average Bonchev–Trinajstić information content (AvgIpc) is 2.74. The van der Waals surface area contributed by atoms with Crippen molar-refractivity contribution in [1.82, 2.24) is 5.32 Å². The van der Waals surface area contributed by atoms with Crippen LogP contribution in [0.2, 0.25) is 0 Å². The lowest BCUT2D eigenvalue weighted by atomic mass is 9.66. The van der Waals surface area contributed by atoms with Crippen LogP contribution in [0.3, 0.4) is 0 Å². The molecule has 1 aliphatic rings. The molecule has 1 aromatic heterocycles. The summed E-state index contributed by atoms with van der Waals surface area (Å²) in [5.41, 5.74) is 0.223. The van der Waals surface area contributed by atoms with E-state index in [2.05, 4.69) is 5.32 Å². The molecule has 2 N–H and O–H groups in total. The molecule has 1 fully saturated rings. The van der Waals surface area contributed by atoms with Crippen molar-refractivity contribution in [2.45, 2.75) is 25.7 Å². The Hall–Kier alpha value is -1.78. The van der Waals surface area contributed by atoms with Crippen LogP contribution in [0.5, 0.6) is 0 Å². The fraction of sp³-hybridized carbons (Fsp3) is 0.500. The van der Waals surface area contributed by atoms with Crippen LogP contribution in [-0.2, 0) is 4.79 Å². The molecule has 17 heavy (non-hydrogen) atoms. The van der Waals surface area contributed by atoms with Gasteiger partial charge in [0.1, 0.15) is 6.26 Å². The van der Waals surface area contributed by atoms with Gasteiger partial charge in [-0.05, 0) is 24.3 Å². The largest absolute Gasteiger partial charge is 0.481 e. The Bertz CT molecular complexity index is 406. The normalized spacial score (nSPS) is 17.2. The second kappa shape index (κ2) is 4.61. The third-order valence-electron chi connectivity index (χ3n) is 3.35. The standard InChI is InChI=1S/C12H15NO4/c14-10(15)6-12(3-1-4-12)8-13-11(16)9-2-5-17-7-9/h2,5,7H,1,3-4,6,8H2,(H,13,16)(H,14,15). The third-order valence-corrected chi connectivity index (χ3v) is 3.35. The number of carboxylic acid groups (broad SMARTS) is 1. The van der Waals surface area contributed by atoms with Gasteiger partial charge in [-0.15, -0.1) is 0 Å². The minimum Gasteiger partial charge on any atom is -0.481 e. The van der Waals surface area contributed by atoms with Gasteiger partial charge >= 0.3 is 5.97 Å². The van der Waals surface area contributed by atoms with E-state index in [0.717, 1.165) is 19.3 Å². The molecule has 1 heterocycles. The Morgan fingerprint density at radius 3 is 2.71 bits per heavy atom. The number of furan rings is 1. The molecular weight excluding hydrogens is 222 g/mol. The Labute approximate surface area is 98.8 Å². The van der Waals surface area contributed by atoms with Gasteiger partial charge in [0.25, 0.3) is 5.91 Å². The van der Waals surface area contributed by atoms with Crippen LogP contribution in [0.15, 0.2) is 23.0 Å². The van der Waals surface area contributed by atoms with Gasteiger partial charge in [0.2, 0.25) is 0 Å². The molecule has 0 bridgehead atoms. The van der Waals surface area contributed by atoms with Gasteiger partial charge in [-0.3, -0.25) is 9.59 Å². The molecule has 0 atom stereocenters. The molecule has 1 saturated carbocycles. The molecule has 92 valence electrons. The highest BCUT2D eigenvalue weighted by atomic mass is 16.4. The molecule has 5 nitrogen and oxygen atoms in total. The van der Waals surface area contributed by atoms with Crippen molar-refractivity contribution in [1.29, 1.82) is 0 Å². The minimum absolute atomic E-state index is 0.124. The van der Waals surface area contributed by atoms with Crippen molar-refractivity contribution in [2.75, 3.05) is 6.54 Å². The van der Waals surface area contributed by atoms with E-state index in [-0.39, 0.29) is 17.7 Å². The van der Waals surface area contributed by atoms with E-state index >= 15 is 0 Å². The lowest BCUT2D eigenvalue weighted by molar-refractivity contribution is -0.141. The van der Waals surface area contributed by atoms with Crippen LogP contribution in [0.25, 0.3) is 0 Å². The van der Waals surface area contributed by atoms with E-state index in [1.807, 2.05) is 0 Å². The van der Waals surface area contributed by atoms with Crippen LogP contribution in [0, 0.1) is 5.41 Å². The second-order valence-electron chi connectivity index (χ2n) is 4.62. The summed E-state index contributed by atoms with van der Waals surface area (Å²) in [5.74, 6) is -1.02. The highest BCUT2D eigenvalue weighted by Crippen LogP contribution is 2.43. The fourth-order valence-electron chi connectivity index (χ4n) is 2.18. The number of carboxylic acids is 1. The van der Waals surface area contributed by atoms with Crippen LogP contribution >= 0.6 is 0 Å². The molecule has 5 heteroatoms. The van der Waals surface area contributed by atoms with Crippen LogP contribution in [-0.4, -0.2) is 23.5 Å². The molecule has 0 spiro atoms. The summed E-state index contributed by atoms with van der Waals surface area (Å²) in [6.07, 6.45) is 5.70. The fourth-order valence-corrected chi connectivity index (χ4v) is 2.18. The molecule has 1 aromatic rings. The highest BCUT2D eigenvalue weighted by molar-refractivity contribution is 5.93. The second-order valence-corrected chi connectivity index (χ2v) is 4.62. The topological polar surface area (TPSA) is 79.5 Å². The van der Waals surface area contributed by atoms with Crippen molar-refractivity contribution in [3.05, 3.63) is 24.2 Å². The molecule has 0 aliphatic heterocycles. The van der Waals surface area contributed by atoms with Crippen molar-refractivity contribution in [3.8, 4) is 0 Å². The highest BCUT2D eigenvalue weighted by Gasteiger charge is 2.39. The SMILES string of the molecule is O=C(O)CC1(CNC(=O)c2ccoc2)CCC1. The molecular formula is C12H15NO4. The van der Waals surface area contributed by atoms with Gasteiger partial charge in [0.15, 0.2) is 0 Å². The quantitative estimate of drug-likeness (QED) is 0.816. The van der Waals surface area contributed by atoms with Crippen molar-refractivity contribution >= 4 is 11.9 Å². The van der Waals surface area contributed by atoms with Gasteiger partial charge in [0.05, 0.1) is 18.2 Å². The maximum Gasteiger partial charge on any atom is 0.303 e. The monoisotopic (exact) mass is 237 g/mol. The van der Waals surface area contributed by atoms with Gasteiger partial charge < -0.3 is 14.8 Å². The summed E-state index contributed by atoms with van der Waals surface area (Å²) in [6, 6.07) is 1.58. The van der Waals surface area contributed by atoms with E-state index < -0.39 is 5.97 Å². The third kappa shape index (κ3) is 2.67. The molecule has 1 amide bonds. The predicted molar refractivity (Wildman–Crippen MR) is 59.6 cm³/mol. The smallest absolute Gasteiger partial charge is 0.303 e. The van der Waals surface area contributed by atoms with E-state index in [0.29, 0.717) is 12.1 Å². The van der Waals surface area contributed by atoms with E-state index in [4.69, 9.17) is 9.52 Å². The number of rotatable bonds is 5. The van der Waals surface area contributed by atoms with Crippen molar-refractivity contribution < 1.29 is 19.1 Å². The van der Waals surface area contributed by atoms with Gasteiger partial charge in [0, 0.05) is 6.54 Å². The van der Waals surface area contributed by atoms with Gasteiger partial charge in [-0.2, -0.15) is 0 Å². The van der Waals surface area contributed by atoms with Crippen LogP contribution in [0.4, 0.5) is 0 Å². The summed E-state index contributed by atoms with van der Waals surface area (Å²) in [6.45, 7) is 0.420. The number of hydrogen-bond donors (Lipinski definition) is 2. The number of hydrogen-bond acceptors (Lipinski definition) is 3. The lowest BCUT2D eigenvalue weighted by Crippen LogP contribution is -2.43. The molecule has 2 rings (SSSR count). The predicted octanol–water partition coefficient (Wildman–Crippen LogP) is 1.65. The number of amides is 1. The van der Waals surface area contributed by atoms with Gasteiger partial charge in [-0.1, -0.05) is 6.42 Å². The Kier molecular flexibility index (Phi) is 3.17. The first kappa shape index (κ1) is 11.7. The Morgan fingerprint density at radius 1 is 1.47 bits per heavy atom. The first-order valence-electron chi connectivity index (χ1n) is 5.64. The van der Waals surface area contributed by atoms with E-state index in [1.165, 1.54) is 12.5 Å². The molecule has 0 radical (unpaired) electrons. The number of carbonyl (C=O) groups is 2. The maximum absolute atomic E-state index is 11.7. The van der Waals surface area contributed by atoms with E-state index in [9.17, 15) is 9.59 Å². The number of carbonyl (C=O) groups excluding carboxylic acids is 1.